The van der Waals surface area contributed by atoms with Crippen LogP contribution in [0.4, 0.5) is 0 Å². The summed E-state index contributed by atoms with van der Waals surface area (Å²) in [6, 6.07) is 0. The van der Waals surface area contributed by atoms with E-state index in [9.17, 15) is 4.79 Å². The van der Waals surface area contributed by atoms with Crippen molar-refractivity contribution in [2.45, 2.75) is 128 Å². The first kappa shape index (κ1) is 28.1. The Hall–Kier alpha value is -0.910. The summed E-state index contributed by atoms with van der Waals surface area (Å²) in [6.45, 7) is 5.83. The molecular formula is C26H48O5. The number of allylic oxidation sites excluding steroid dienone is 2. The Balaban J connectivity index is 1.81. The van der Waals surface area contributed by atoms with E-state index in [4.69, 9.17) is 19.3 Å². The van der Waals surface area contributed by atoms with Crippen LogP contribution >= 0.6 is 0 Å². The molecule has 5 nitrogen and oxygen atoms in total. The lowest BCUT2D eigenvalue weighted by Gasteiger charge is -2.22. The molecule has 0 aromatic heterocycles. The standard InChI is InChI=1S/C26H48O5/c1-3-4-5-6-7-8-9-10-11-12-13-14-15-16-17-18-21-29-22-24-23-30-26(2,31-24)20-19-25(27)28/h10-11,24H,3-9,12-23H2,1-2H3,(H,27,28)/b11-10+. The van der Waals surface area contributed by atoms with Gasteiger partial charge in [0.05, 0.1) is 19.6 Å². The van der Waals surface area contributed by atoms with Crippen molar-refractivity contribution in [1.82, 2.24) is 0 Å². The van der Waals surface area contributed by atoms with Gasteiger partial charge in [0.2, 0.25) is 0 Å². The minimum Gasteiger partial charge on any atom is -0.481 e. The molecule has 0 amide bonds. The van der Waals surface area contributed by atoms with E-state index in [1.807, 2.05) is 0 Å². The van der Waals surface area contributed by atoms with E-state index in [1.54, 1.807) is 6.92 Å². The predicted molar refractivity (Wildman–Crippen MR) is 126 cm³/mol. The average Bonchev–Trinajstić information content (AvgIpc) is 3.13. The molecule has 31 heavy (non-hydrogen) atoms. The maximum atomic E-state index is 10.7. The minimum absolute atomic E-state index is 0.0551. The molecule has 0 aromatic rings. The number of carboxylic acids is 1. The van der Waals surface area contributed by atoms with Gasteiger partial charge in [-0.15, -0.1) is 0 Å². The van der Waals surface area contributed by atoms with Crippen LogP contribution in [-0.2, 0) is 19.0 Å². The highest BCUT2D eigenvalue weighted by Crippen LogP contribution is 2.28. The summed E-state index contributed by atoms with van der Waals surface area (Å²) >= 11 is 0. The smallest absolute Gasteiger partial charge is 0.303 e. The zero-order chi connectivity index (χ0) is 22.6. The van der Waals surface area contributed by atoms with Gasteiger partial charge < -0.3 is 19.3 Å². The third-order valence-electron chi connectivity index (χ3n) is 5.89. The molecule has 5 heteroatoms. The summed E-state index contributed by atoms with van der Waals surface area (Å²) in [6.07, 6.45) is 23.4. The molecule has 0 radical (unpaired) electrons. The number of hydrogen-bond acceptors (Lipinski definition) is 4. The first-order valence-electron chi connectivity index (χ1n) is 12.8. The molecule has 1 fully saturated rings. The van der Waals surface area contributed by atoms with Crippen molar-refractivity contribution in [1.29, 1.82) is 0 Å². The van der Waals surface area contributed by atoms with E-state index >= 15 is 0 Å². The molecule has 2 unspecified atom stereocenters. The van der Waals surface area contributed by atoms with Gasteiger partial charge in [0.15, 0.2) is 5.79 Å². The fourth-order valence-electron chi connectivity index (χ4n) is 3.90. The maximum Gasteiger partial charge on any atom is 0.303 e. The maximum absolute atomic E-state index is 10.7. The van der Waals surface area contributed by atoms with Crippen molar-refractivity contribution in [3.05, 3.63) is 12.2 Å². The van der Waals surface area contributed by atoms with Gasteiger partial charge in [-0.25, -0.2) is 0 Å². The van der Waals surface area contributed by atoms with Crippen LogP contribution in [0.15, 0.2) is 12.2 Å². The quantitative estimate of drug-likeness (QED) is 0.153. The molecule has 1 N–H and O–H groups in total. The molecule has 1 saturated heterocycles. The van der Waals surface area contributed by atoms with Crippen LogP contribution in [0, 0.1) is 0 Å². The van der Waals surface area contributed by atoms with Crippen molar-refractivity contribution >= 4 is 5.97 Å². The van der Waals surface area contributed by atoms with Crippen molar-refractivity contribution in [3.63, 3.8) is 0 Å². The number of hydrogen-bond donors (Lipinski definition) is 1. The zero-order valence-corrected chi connectivity index (χ0v) is 20.2. The SMILES string of the molecule is CCCCCCCC/C=C/CCCCCCCCOCC1COC(C)(CCC(=O)O)O1. The average molecular weight is 441 g/mol. The van der Waals surface area contributed by atoms with Crippen molar-refractivity contribution in [3.8, 4) is 0 Å². The molecule has 1 aliphatic heterocycles. The van der Waals surface area contributed by atoms with Gasteiger partial charge in [-0.05, 0) is 39.0 Å². The van der Waals surface area contributed by atoms with Crippen LogP contribution in [0.2, 0.25) is 0 Å². The molecule has 1 heterocycles. The van der Waals surface area contributed by atoms with Gasteiger partial charge in [-0.3, -0.25) is 4.79 Å². The van der Waals surface area contributed by atoms with E-state index in [0.717, 1.165) is 13.0 Å². The fraction of sp³-hybridized carbons (Fsp3) is 0.885. The number of rotatable bonds is 21. The van der Waals surface area contributed by atoms with E-state index in [2.05, 4.69) is 19.1 Å². The third kappa shape index (κ3) is 16.4. The van der Waals surface area contributed by atoms with E-state index in [0.29, 0.717) is 19.6 Å². The first-order valence-corrected chi connectivity index (χ1v) is 12.8. The van der Waals surface area contributed by atoms with Gasteiger partial charge in [-0.1, -0.05) is 76.9 Å². The lowest BCUT2D eigenvalue weighted by molar-refractivity contribution is -0.170. The van der Waals surface area contributed by atoms with Crippen molar-refractivity contribution in [2.75, 3.05) is 19.8 Å². The molecular weight excluding hydrogens is 392 g/mol. The van der Waals surface area contributed by atoms with Crippen LogP contribution in [0.25, 0.3) is 0 Å². The van der Waals surface area contributed by atoms with Crippen molar-refractivity contribution in [2.24, 2.45) is 0 Å². The Labute approximate surface area is 190 Å². The molecule has 0 bridgehead atoms. The van der Waals surface area contributed by atoms with Crippen molar-refractivity contribution < 1.29 is 24.1 Å². The number of aliphatic carboxylic acids is 1. The summed E-state index contributed by atoms with van der Waals surface area (Å²) in [5.74, 6) is -1.61. The van der Waals surface area contributed by atoms with Crippen LogP contribution in [0.5, 0.6) is 0 Å². The highest BCUT2D eigenvalue weighted by Gasteiger charge is 2.37. The van der Waals surface area contributed by atoms with Crippen LogP contribution in [0.1, 0.15) is 117 Å². The molecule has 0 saturated carbocycles. The van der Waals surface area contributed by atoms with Gasteiger partial charge in [0.25, 0.3) is 0 Å². The fourth-order valence-corrected chi connectivity index (χ4v) is 3.90. The Kier molecular flexibility index (Phi) is 16.9. The van der Waals surface area contributed by atoms with Gasteiger partial charge in [-0.2, -0.15) is 0 Å². The Morgan fingerprint density at radius 2 is 1.55 bits per heavy atom. The molecule has 182 valence electrons. The van der Waals surface area contributed by atoms with Crippen LogP contribution in [0.3, 0.4) is 0 Å². The second-order valence-corrected chi connectivity index (χ2v) is 9.09. The number of unbranched alkanes of at least 4 members (excludes halogenated alkanes) is 12. The summed E-state index contributed by atoms with van der Waals surface area (Å²) in [5.41, 5.74) is 0. The van der Waals surface area contributed by atoms with Crippen LogP contribution in [-0.4, -0.2) is 42.8 Å². The monoisotopic (exact) mass is 440 g/mol. The Morgan fingerprint density at radius 3 is 2.16 bits per heavy atom. The highest BCUT2D eigenvalue weighted by molar-refractivity contribution is 5.66. The first-order chi connectivity index (χ1) is 15.1. The summed E-state index contributed by atoms with van der Waals surface area (Å²) in [5, 5.41) is 8.79. The number of carbonyl (C=O) groups is 1. The second-order valence-electron chi connectivity index (χ2n) is 9.09. The highest BCUT2D eigenvalue weighted by atomic mass is 16.7. The Morgan fingerprint density at radius 1 is 0.968 bits per heavy atom. The molecule has 2 atom stereocenters. The van der Waals surface area contributed by atoms with Gasteiger partial charge in [0.1, 0.15) is 6.10 Å². The minimum atomic E-state index is -0.826. The molecule has 0 aliphatic carbocycles. The lowest BCUT2D eigenvalue weighted by Crippen LogP contribution is -2.28. The summed E-state index contributed by atoms with van der Waals surface area (Å²) < 4.78 is 17.2. The van der Waals surface area contributed by atoms with E-state index in [-0.39, 0.29) is 12.5 Å². The van der Waals surface area contributed by atoms with E-state index in [1.165, 1.54) is 83.5 Å². The molecule has 1 rings (SSSR count). The normalized spacial score (nSPS) is 21.3. The van der Waals surface area contributed by atoms with Gasteiger partial charge >= 0.3 is 5.97 Å². The zero-order valence-electron chi connectivity index (χ0n) is 20.2. The predicted octanol–water partition coefficient (Wildman–Crippen LogP) is 7.04. The van der Waals surface area contributed by atoms with E-state index < -0.39 is 11.8 Å². The third-order valence-corrected chi connectivity index (χ3v) is 5.89. The summed E-state index contributed by atoms with van der Waals surface area (Å²) in [7, 11) is 0. The van der Waals surface area contributed by atoms with Crippen LogP contribution < -0.4 is 0 Å². The molecule has 1 aliphatic rings. The molecule has 0 aromatic carbocycles. The van der Waals surface area contributed by atoms with Gasteiger partial charge in [0, 0.05) is 13.0 Å². The number of carboxylic acid groups (broad SMARTS) is 1. The number of ether oxygens (including phenoxy) is 3. The largest absolute Gasteiger partial charge is 0.481 e. The second kappa shape index (κ2) is 18.6. The molecule has 0 spiro atoms. The Bertz CT molecular complexity index is 465. The lowest BCUT2D eigenvalue weighted by atomic mass is 10.1. The summed E-state index contributed by atoms with van der Waals surface area (Å²) in [4.78, 5) is 10.7. The topological polar surface area (TPSA) is 65.0 Å².